The summed E-state index contributed by atoms with van der Waals surface area (Å²) >= 11 is 0. The van der Waals surface area contributed by atoms with E-state index in [-0.39, 0.29) is 10.6 Å². The van der Waals surface area contributed by atoms with Crippen LogP contribution in [0.5, 0.6) is 0 Å². The number of nitro benzene ring substituents is 1. The second-order valence-electron chi connectivity index (χ2n) is 7.16. The quantitative estimate of drug-likeness (QED) is 0.457. The maximum atomic E-state index is 11.2. The molecule has 0 radical (unpaired) electrons. The van der Waals surface area contributed by atoms with Crippen LogP contribution in [0.1, 0.15) is 31.2 Å². The summed E-state index contributed by atoms with van der Waals surface area (Å²) in [7, 11) is 0. The first-order valence-corrected chi connectivity index (χ1v) is 9.67. The molecule has 0 atom stereocenters. The van der Waals surface area contributed by atoms with E-state index in [1.807, 2.05) is 18.2 Å². The number of nitrogens with one attached hydrogen (secondary N) is 2. The highest BCUT2D eigenvalue weighted by Gasteiger charge is 2.18. The van der Waals surface area contributed by atoms with Gasteiger partial charge in [0.1, 0.15) is 5.82 Å². The lowest BCUT2D eigenvalue weighted by atomic mass is 10.1. The Hall–Kier alpha value is -3.55. The van der Waals surface area contributed by atoms with E-state index in [9.17, 15) is 10.1 Å². The highest BCUT2D eigenvalue weighted by atomic mass is 16.6. The number of nitro groups is 1. The number of benzene rings is 1. The number of hydrogen-bond acceptors (Lipinski definition) is 7. The van der Waals surface area contributed by atoms with Crippen molar-refractivity contribution in [1.82, 2.24) is 15.0 Å². The van der Waals surface area contributed by atoms with Crippen molar-refractivity contribution in [3.8, 4) is 11.3 Å². The van der Waals surface area contributed by atoms with Gasteiger partial charge in [0.05, 0.1) is 16.2 Å². The van der Waals surface area contributed by atoms with Crippen molar-refractivity contribution in [2.45, 2.75) is 38.6 Å². The minimum Gasteiger partial charge on any atom is -0.351 e. The summed E-state index contributed by atoms with van der Waals surface area (Å²) in [6.07, 6.45) is 8.09. The molecule has 1 aliphatic rings. The largest absolute Gasteiger partial charge is 0.351 e. The molecule has 4 rings (SSSR count). The molecule has 0 unspecified atom stereocenters. The smallest absolute Gasteiger partial charge is 0.274 e. The van der Waals surface area contributed by atoms with Gasteiger partial charge >= 0.3 is 0 Å². The molecule has 0 bridgehead atoms. The van der Waals surface area contributed by atoms with E-state index in [0.717, 1.165) is 24.1 Å². The van der Waals surface area contributed by atoms with Crippen molar-refractivity contribution >= 4 is 23.1 Å². The fourth-order valence-electron chi connectivity index (χ4n) is 3.59. The van der Waals surface area contributed by atoms with Crippen LogP contribution >= 0.6 is 0 Å². The second-order valence-corrected chi connectivity index (χ2v) is 7.16. The molecule has 1 aromatic carbocycles. The van der Waals surface area contributed by atoms with Gasteiger partial charge in [-0.15, -0.1) is 0 Å². The van der Waals surface area contributed by atoms with Gasteiger partial charge in [-0.1, -0.05) is 18.9 Å². The Morgan fingerprint density at radius 2 is 1.97 bits per heavy atom. The van der Waals surface area contributed by atoms with Crippen LogP contribution in [0.3, 0.4) is 0 Å². The van der Waals surface area contributed by atoms with E-state index in [1.54, 1.807) is 31.5 Å². The molecule has 2 aromatic heterocycles. The summed E-state index contributed by atoms with van der Waals surface area (Å²) in [5.41, 5.74) is 2.88. The molecule has 0 aliphatic heterocycles. The fraction of sp³-hybridized carbons (Fsp3) is 0.286. The fourth-order valence-corrected chi connectivity index (χ4v) is 3.59. The number of anilines is 3. The minimum atomic E-state index is -0.380. The molecular formula is C21H22N6O2. The maximum Gasteiger partial charge on any atom is 0.274 e. The van der Waals surface area contributed by atoms with Gasteiger partial charge in [0, 0.05) is 41.8 Å². The molecule has 0 spiro atoms. The average molecular weight is 390 g/mol. The summed E-state index contributed by atoms with van der Waals surface area (Å²) < 4.78 is 0. The average Bonchev–Trinajstić information content (AvgIpc) is 3.23. The molecule has 2 N–H and O–H groups in total. The first kappa shape index (κ1) is 18.8. The van der Waals surface area contributed by atoms with Crippen LogP contribution < -0.4 is 10.6 Å². The molecule has 2 heterocycles. The zero-order valence-corrected chi connectivity index (χ0v) is 16.1. The minimum absolute atomic E-state index is 0.0702. The molecule has 8 nitrogen and oxygen atoms in total. The van der Waals surface area contributed by atoms with Gasteiger partial charge in [-0.25, -0.2) is 4.98 Å². The van der Waals surface area contributed by atoms with E-state index in [0.29, 0.717) is 29.1 Å². The van der Waals surface area contributed by atoms with Gasteiger partial charge in [0.15, 0.2) is 0 Å². The Labute approximate surface area is 168 Å². The highest BCUT2D eigenvalue weighted by molar-refractivity contribution is 5.70. The van der Waals surface area contributed by atoms with Gasteiger partial charge in [-0.2, -0.15) is 4.98 Å². The molecule has 0 amide bonds. The van der Waals surface area contributed by atoms with Gasteiger partial charge < -0.3 is 10.6 Å². The SMILES string of the molecule is Cc1c(Nc2cc(-c3cccnc3)nc(NC3CCCC3)n2)cccc1[N+](=O)[O-]. The van der Waals surface area contributed by atoms with Crippen LogP contribution in [0.2, 0.25) is 0 Å². The predicted molar refractivity (Wildman–Crippen MR) is 112 cm³/mol. The first-order valence-electron chi connectivity index (χ1n) is 9.67. The van der Waals surface area contributed by atoms with E-state index in [4.69, 9.17) is 0 Å². The summed E-state index contributed by atoms with van der Waals surface area (Å²) in [5, 5.41) is 17.9. The topological polar surface area (TPSA) is 106 Å². The Kier molecular flexibility index (Phi) is 5.33. The number of rotatable bonds is 6. The van der Waals surface area contributed by atoms with Crippen LogP contribution in [-0.4, -0.2) is 25.9 Å². The van der Waals surface area contributed by atoms with Crippen molar-refractivity contribution in [2.24, 2.45) is 0 Å². The normalized spacial score (nSPS) is 14.0. The van der Waals surface area contributed by atoms with Gasteiger partial charge in [-0.3, -0.25) is 15.1 Å². The van der Waals surface area contributed by atoms with E-state index < -0.39 is 0 Å². The van der Waals surface area contributed by atoms with E-state index in [2.05, 4.69) is 25.6 Å². The molecule has 0 saturated heterocycles. The molecule has 148 valence electrons. The van der Waals surface area contributed by atoms with Crippen molar-refractivity contribution in [2.75, 3.05) is 10.6 Å². The summed E-state index contributed by atoms with van der Waals surface area (Å²) in [6.45, 7) is 1.72. The maximum absolute atomic E-state index is 11.2. The van der Waals surface area contributed by atoms with Crippen LogP contribution in [0.25, 0.3) is 11.3 Å². The molecule has 29 heavy (non-hydrogen) atoms. The van der Waals surface area contributed by atoms with Gasteiger partial charge in [-0.05, 0) is 38.0 Å². The third-order valence-electron chi connectivity index (χ3n) is 5.14. The van der Waals surface area contributed by atoms with E-state index >= 15 is 0 Å². The lowest BCUT2D eigenvalue weighted by Gasteiger charge is -2.15. The molecular weight excluding hydrogens is 368 g/mol. The lowest BCUT2D eigenvalue weighted by molar-refractivity contribution is -0.385. The van der Waals surface area contributed by atoms with Crippen molar-refractivity contribution < 1.29 is 4.92 Å². The second kappa shape index (κ2) is 8.22. The van der Waals surface area contributed by atoms with Crippen LogP contribution in [0.15, 0.2) is 48.8 Å². The zero-order chi connectivity index (χ0) is 20.2. The Balaban J connectivity index is 1.70. The lowest BCUT2D eigenvalue weighted by Crippen LogP contribution is -2.17. The van der Waals surface area contributed by atoms with Crippen LogP contribution in [0, 0.1) is 17.0 Å². The Bertz CT molecular complexity index is 1020. The standard InChI is InChI=1S/C21H22N6O2/c1-14-17(9-4-10-19(14)27(28)29)24-20-12-18(15-6-5-11-22-13-15)25-21(26-20)23-16-7-2-3-8-16/h4-6,9-13,16H,2-3,7-8H2,1H3,(H2,23,24,25,26). The Morgan fingerprint density at radius 3 is 2.69 bits per heavy atom. The molecule has 1 fully saturated rings. The number of nitrogens with zero attached hydrogens (tertiary/aromatic N) is 4. The van der Waals surface area contributed by atoms with Gasteiger partial charge in [0.2, 0.25) is 5.95 Å². The number of hydrogen-bond donors (Lipinski definition) is 2. The number of aromatic nitrogens is 3. The van der Waals surface area contributed by atoms with Crippen molar-refractivity contribution in [1.29, 1.82) is 0 Å². The molecule has 1 aliphatic carbocycles. The van der Waals surface area contributed by atoms with E-state index in [1.165, 1.54) is 18.9 Å². The monoisotopic (exact) mass is 390 g/mol. The Morgan fingerprint density at radius 1 is 1.14 bits per heavy atom. The zero-order valence-electron chi connectivity index (χ0n) is 16.1. The summed E-state index contributed by atoms with van der Waals surface area (Å²) in [5.74, 6) is 1.12. The molecule has 3 aromatic rings. The number of pyridine rings is 1. The van der Waals surface area contributed by atoms with Crippen LogP contribution in [-0.2, 0) is 0 Å². The van der Waals surface area contributed by atoms with Crippen molar-refractivity contribution in [3.05, 3.63) is 64.5 Å². The first-order chi connectivity index (χ1) is 14.1. The molecule has 1 saturated carbocycles. The third-order valence-corrected chi connectivity index (χ3v) is 5.14. The highest BCUT2D eigenvalue weighted by Crippen LogP contribution is 2.30. The summed E-state index contributed by atoms with van der Waals surface area (Å²) in [6, 6.07) is 11.0. The predicted octanol–water partition coefficient (Wildman–Crippen LogP) is 4.85. The third kappa shape index (κ3) is 4.31. The van der Waals surface area contributed by atoms with Gasteiger partial charge in [0.25, 0.3) is 5.69 Å². The molecule has 8 heteroatoms. The van der Waals surface area contributed by atoms with Crippen LogP contribution in [0.4, 0.5) is 23.1 Å². The van der Waals surface area contributed by atoms with Crippen molar-refractivity contribution in [3.63, 3.8) is 0 Å². The summed E-state index contributed by atoms with van der Waals surface area (Å²) in [4.78, 5) is 24.3.